The number of azo groups is 1. The van der Waals surface area contributed by atoms with Crippen molar-refractivity contribution < 1.29 is 9.59 Å². The van der Waals surface area contributed by atoms with Crippen molar-refractivity contribution in [2.45, 2.75) is 142 Å². The highest BCUT2D eigenvalue weighted by atomic mass is 16.2. The molecule has 0 aliphatic heterocycles. The van der Waals surface area contributed by atoms with Gasteiger partial charge in [0.1, 0.15) is 0 Å². The molecule has 188 valence electrons. The third kappa shape index (κ3) is 24.8. The molecule has 0 aromatic rings. The maximum atomic E-state index is 11.6. The zero-order chi connectivity index (χ0) is 23.5. The average molecular weight is 453 g/mol. The fourth-order valence-corrected chi connectivity index (χ4v) is 3.78. The van der Waals surface area contributed by atoms with Crippen molar-refractivity contribution in [2.75, 3.05) is 13.1 Å². The maximum Gasteiger partial charge on any atom is 0.359 e. The Morgan fingerprint density at radius 3 is 0.969 bits per heavy atom. The van der Waals surface area contributed by atoms with E-state index in [-0.39, 0.29) is 0 Å². The molecule has 0 atom stereocenters. The number of carbonyl (C=O) groups excluding carboxylic acids is 2. The summed E-state index contributed by atoms with van der Waals surface area (Å²) in [5, 5.41) is 12.3. The van der Waals surface area contributed by atoms with Gasteiger partial charge in [0.2, 0.25) is 0 Å². The van der Waals surface area contributed by atoms with Gasteiger partial charge in [0.25, 0.3) is 0 Å². The van der Waals surface area contributed by atoms with E-state index in [1.807, 2.05) is 0 Å². The Kier molecular flexibility index (Phi) is 24.6. The first-order chi connectivity index (χ1) is 15.7. The van der Waals surface area contributed by atoms with Gasteiger partial charge in [0.15, 0.2) is 0 Å². The lowest BCUT2D eigenvalue weighted by molar-refractivity contribution is 0.241. The van der Waals surface area contributed by atoms with Gasteiger partial charge in [-0.1, -0.05) is 140 Å². The Labute approximate surface area is 198 Å². The van der Waals surface area contributed by atoms with Crippen LogP contribution in [0.5, 0.6) is 0 Å². The van der Waals surface area contributed by atoms with Crippen molar-refractivity contribution in [3.05, 3.63) is 0 Å². The van der Waals surface area contributed by atoms with E-state index in [2.05, 4.69) is 34.7 Å². The van der Waals surface area contributed by atoms with Gasteiger partial charge in [0, 0.05) is 13.1 Å². The van der Waals surface area contributed by atoms with Crippen molar-refractivity contribution in [1.82, 2.24) is 10.6 Å². The number of amides is 4. The summed E-state index contributed by atoms with van der Waals surface area (Å²) in [6.45, 7) is 5.67. The standard InChI is InChI=1S/C26H52N4O2/c1-3-5-7-9-11-13-15-17-19-21-23-27-25(31)29-30-26(32)28-24-22-20-18-16-14-12-10-8-6-4-2/h3-24H2,1-2H3,(H,27,31)(H,28,32). The third-order valence-electron chi connectivity index (χ3n) is 5.84. The fraction of sp³-hybridized carbons (Fsp3) is 0.923. The Morgan fingerprint density at radius 1 is 0.438 bits per heavy atom. The van der Waals surface area contributed by atoms with Gasteiger partial charge >= 0.3 is 12.1 Å². The smallest absolute Gasteiger partial charge is 0.335 e. The van der Waals surface area contributed by atoms with Gasteiger partial charge in [-0.25, -0.2) is 9.59 Å². The Hall–Kier alpha value is -1.46. The van der Waals surface area contributed by atoms with E-state index >= 15 is 0 Å². The molecule has 0 aliphatic carbocycles. The Bertz CT molecular complexity index is 415. The van der Waals surface area contributed by atoms with Crippen molar-refractivity contribution in [3.63, 3.8) is 0 Å². The third-order valence-corrected chi connectivity index (χ3v) is 5.84. The van der Waals surface area contributed by atoms with Crippen LogP contribution in [0.2, 0.25) is 0 Å². The normalized spacial score (nSPS) is 11.2. The van der Waals surface area contributed by atoms with Gasteiger partial charge in [-0.05, 0) is 12.8 Å². The lowest BCUT2D eigenvalue weighted by atomic mass is 10.1. The first-order valence-corrected chi connectivity index (χ1v) is 13.7. The molecule has 6 heteroatoms. The number of nitrogens with one attached hydrogen (secondary N) is 2. The minimum Gasteiger partial charge on any atom is -0.335 e. The second-order valence-electron chi connectivity index (χ2n) is 9.03. The molecule has 0 fully saturated rings. The fourth-order valence-electron chi connectivity index (χ4n) is 3.78. The molecule has 0 spiro atoms. The topological polar surface area (TPSA) is 82.9 Å². The first-order valence-electron chi connectivity index (χ1n) is 13.7. The van der Waals surface area contributed by atoms with Crippen LogP contribution in [0.15, 0.2) is 10.2 Å². The van der Waals surface area contributed by atoms with E-state index in [9.17, 15) is 9.59 Å². The molecule has 0 bridgehead atoms. The monoisotopic (exact) mass is 452 g/mol. The van der Waals surface area contributed by atoms with E-state index in [0.29, 0.717) is 13.1 Å². The molecule has 2 N–H and O–H groups in total. The summed E-state index contributed by atoms with van der Waals surface area (Å²) in [6, 6.07) is -1.06. The van der Waals surface area contributed by atoms with Crippen LogP contribution in [0.1, 0.15) is 142 Å². The van der Waals surface area contributed by atoms with E-state index in [1.54, 1.807) is 0 Å². The second kappa shape index (κ2) is 25.8. The number of nitrogens with zero attached hydrogens (tertiary/aromatic N) is 2. The largest absolute Gasteiger partial charge is 0.359 e. The SMILES string of the molecule is CCCCCCCCCCCCNC(=O)N=NC(=O)NCCCCCCCCCCCC. The Balaban J connectivity index is 3.39. The van der Waals surface area contributed by atoms with Gasteiger partial charge in [0.05, 0.1) is 0 Å². The molecular formula is C26H52N4O2. The highest BCUT2D eigenvalue weighted by Crippen LogP contribution is 2.11. The molecule has 0 aromatic heterocycles. The number of urea groups is 2. The van der Waals surface area contributed by atoms with E-state index in [0.717, 1.165) is 25.7 Å². The molecule has 0 heterocycles. The molecule has 6 nitrogen and oxygen atoms in total. The zero-order valence-corrected chi connectivity index (χ0v) is 21.3. The predicted molar refractivity (Wildman–Crippen MR) is 135 cm³/mol. The van der Waals surface area contributed by atoms with Crippen LogP contribution in [0, 0.1) is 0 Å². The molecule has 32 heavy (non-hydrogen) atoms. The number of hydrogen-bond donors (Lipinski definition) is 2. The second-order valence-corrected chi connectivity index (χ2v) is 9.03. The van der Waals surface area contributed by atoms with E-state index < -0.39 is 12.1 Å². The van der Waals surface area contributed by atoms with Gasteiger partial charge in [-0.15, -0.1) is 0 Å². The molecule has 4 amide bonds. The number of hydrogen-bond acceptors (Lipinski definition) is 2. The first kappa shape index (κ1) is 30.5. The molecule has 0 radical (unpaired) electrons. The lowest BCUT2D eigenvalue weighted by Gasteiger charge is -2.03. The minimum absolute atomic E-state index is 0.532. The zero-order valence-electron chi connectivity index (χ0n) is 21.3. The molecule has 0 aromatic carbocycles. The summed E-state index contributed by atoms with van der Waals surface area (Å²) in [5.74, 6) is 0. The summed E-state index contributed by atoms with van der Waals surface area (Å²) in [7, 11) is 0. The van der Waals surface area contributed by atoms with Crippen molar-refractivity contribution in [3.8, 4) is 0 Å². The number of rotatable bonds is 22. The van der Waals surface area contributed by atoms with Crippen molar-refractivity contribution >= 4 is 12.1 Å². The van der Waals surface area contributed by atoms with Crippen LogP contribution < -0.4 is 10.6 Å². The highest BCUT2D eigenvalue weighted by molar-refractivity contribution is 5.79. The van der Waals surface area contributed by atoms with E-state index in [1.165, 1.54) is 103 Å². The molecule has 0 saturated heterocycles. The summed E-state index contributed by atoms with van der Waals surface area (Å²) < 4.78 is 0. The lowest BCUT2D eigenvalue weighted by Crippen LogP contribution is -2.23. The predicted octanol–water partition coefficient (Wildman–Crippen LogP) is 8.70. The molecule has 0 rings (SSSR count). The van der Waals surface area contributed by atoms with E-state index in [4.69, 9.17) is 0 Å². The van der Waals surface area contributed by atoms with Crippen LogP contribution in [0.25, 0.3) is 0 Å². The number of carbonyl (C=O) groups is 2. The van der Waals surface area contributed by atoms with Crippen LogP contribution in [-0.2, 0) is 0 Å². The maximum absolute atomic E-state index is 11.6. The minimum atomic E-state index is -0.532. The quantitative estimate of drug-likeness (QED) is 0.127. The van der Waals surface area contributed by atoms with Crippen LogP contribution in [-0.4, -0.2) is 25.2 Å². The van der Waals surface area contributed by atoms with Crippen LogP contribution >= 0.6 is 0 Å². The van der Waals surface area contributed by atoms with Crippen molar-refractivity contribution in [1.29, 1.82) is 0 Å². The molecule has 0 aliphatic rings. The van der Waals surface area contributed by atoms with Crippen LogP contribution in [0.3, 0.4) is 0 Å². The van der Waals surface area contributed by atoms with Crippen LogP contribution in [0.4, 0.5) is 9.59 Å². The molecule has 0 saturated carbocycles. The summed E-state index contributed by atoms with van der Waals surface area (Å²) in [5.41, 5.74) is 0. The molecular weight excluding hydrogens is 400 g/mol. The van der Waals surface area contributed by atoms with Gasteiger partial charge in [-0.2, -0.15) is 0 Å². The highest BCUT2D eigenvalue weighted by Gasteiger charge is 2.01. The summed E-state index contributed by atoms with van der Waals surface area (Å²) in [4.78, 5) is 23.2. The Morgan fingerprint density at radius 2 is 0.688 bits per heavy atom. The summed E-state index contributed by atoms with van der Waals surface area (Å²) in [6.07, 6.45) is 25.2. The van der Waals surface area contributed by atoms with Gasteiger partial charge in [-0.3, -0.25) is 0 Å². The molecule has 0 unspecified atom stereocenters. The van der Waals surface area contributed by atoms with Gasteiger partial charge < -0.3 is 10.6 Å². The van der Waals surface area contributed by atoms with Crippen molar-refractivity contribution in [2.24, 2.45) is 10.2 Å². The average Bonchev–Trinajstić information content (AvgIpc) is 2.79. The summed E-state index contributed by atoms with van der Waals surface area (Å²) >= 11 is 0. The number of unbranched alkanes of at least 4 members (excludes halogenated alkanes) is 18.